The van der Waals surface area contributed by atoms with Crippen LogP contribution < -0.4 is 11.1 Å². The second kappa shape index (κ2) is 3.41. The van der Waals surface area contributed by atoms with Gasteiger partial charge in [-0.25, -0.2) is 4.68 Å². The zero-order valence-electron chi connectivity index (χ0n) is 9.91. The minimum absolute atomic E-state index is 0.209. The molecule has 5 heteroatoms. The van der Waals surface area contributed by atoms with Crippen LogP contribution in [0.5, 0.6) is 0 Å². The zero-order valence-corrected chi connectivity index (χ0v) is 9.91. The van der Waals surface area contributed by atoms with Gasteiger partial charge in [-0.2, -0.15) is 10.4 Å². The lowest BCUT2D eigenvalue weighted by Crippen LogP contribution is -2.25. The molecule has 2 rings (SSSR count). The maximum Gasteiger partial charge on any atom is 0.168 e. The number of nitrogens with two attached hydrogens (primary N) is 1. The quantitative estimate of drug-likeness (QED) is 0.792. The van der Waals surface area contributed by atoms with Crippen LogP contribution in [-0.4, -0.2) is 15.8 Å². The lowest BCUT2D eigenvalue weighted by molar-refractivity contribution is 0.362. The lowest BCUT2D eigenvalue weighted by atomic mass is 10.1. The lowest BCUT2D eigenvalue weighted by Gasteiger charge is -2.20. The predicted molar refractivity (Wildman–Crippen MR) is 63.0 cm³/mol. The zero-order chi connectivity index (χ0) is 11.9. The average molecular weight is 219 g/mol. The van der Waals surface area contributed by atoms with Crippen molar-refractivity contribution in [1.29, 1.82) is 5.26 Å². The standard InChI is InChI=1S/C11H17N5/c1-11(2,3)16-9(13)8(6-12)10(15-16)14-7-4-5-7/h7H,4-5,13H2,1-3H3,(H,14,15). The maximum atomic E-state index is 9.09. The van der Waals surface area contributed by atoms with Crippen LogP contribution in [0, 0.1) is 11.3 Å². The van der Waals surface area contributed by atoms with E-state index in [2.05, 4.69) is 16.5 Å². The highest BCUT2D eigenvalue weighted by molar-refractivity contribution is 5.64. The molecule has 1 aromatic rings. The Morgan fingerprint density at radius 2 is 2.12 bits per heavy atom. The monoisotopic (exact) mass is 219 g/mol. The van der Waals surface area contributed by atoms with Gasteiger partial charge < -0.3 is 11.1 Å². The summed E-state index contributed by atoms with van der Waals surface area (Å²) in [4.78, 5) is 0. The van der Waals surface area contributed by atoms with Crippen molar-refractivity contribution in [1.82, 2.24) is 9.78 Å². The second-order valence-corrected chi connectivity index (χ2v) is 5.22. The van der Waals surface area contributed by atoms with Gasteiger partial charge in [-0.15, -0.1) is 0 Å². The Balaban J connectivity index is 2.41. The molecular formula is C11H17N5. The molecule has 0 saturated heterocycles. The van der Waals surface area contributed by atoms with Gasteiger partial charge in [0.2, 0.25) is 0 Å². The molecule has 0 spiro atoms. The highest BCUT2D eigenvalue weighted by atomic mass is 15.4. The summed E-state index contributed by atoms with van der Waals surface area (Å²) in [6, 6.07) is 2.59. The first-order valence-electron chi connectivity index (χ1n) is 5.49. The van der Waals surface area contributed by atoms with Gasteiger partial charge >= 0.3 is 0 Å². The molecule has 86 valence electrons. The molecule has 1 fully saturated rings. The summed E-state index contributed by atoms with van der Waals surface area (Å²) in [5.74, 6) is 1.07. The van der Waals surface area contributed by atoms with Crippen molar-refractivity contribution >= 4 is 11.6 Å². The van der Waals surface area contributed by atoms with Crippen LogP contribution in [0.25, 0.3) is 0 Å². The Hall–Kier alpha value is -1.70. The number of nitriles is 1. The molecule has 3 N–H and O–H groups in total. The van der Waals surface area contributed by atoms with E-state index in [0.29, 0.717) is 23.2 Å². The third-order valence-electron chi connectivity index (χ3n) is 2.59. The number of nitrogens with one attached hydrogen (secondary N) is 1. The third-order valence-corrected chi connectivity index (χ3v) is 2.59. The van der Waals surface area contributed by atoms with Crippen molar-refractivity contribution in [3.63, 3.8) is 0 Å². The molecule has 1 aromatic heterocycles. The first-order chi connectivity index (χ1) is 7.43. The van der Waals surface area contributed by atoms with Gasteiger partial charge in [0.25, 0.3) is 0 Å². The Bertz CT molecular complexity index is 442. The molecule has 1 aliphatic rings. The van der Waals surface area contributed by atoms with E-state index in [1.54, 1.807) is 4.68 Å². The maximum absolute atomic E-state index is 9.09. The fourth-order valence-corrected chi connectivity index (χ4v) is 1.57. The van der Waals surface area contributed by atoms with Crippen LogP contribution in [-0.2, 0) is 5.54 Å². The van der Waals surface area contributed by atoms with Gasteiger partial charge in [-0.05, 0) is 33.6 Å². The van der Waals surface area contributed by atoms with E-state index < -0.39 is 0 Å². The molecule has 0 radical (unpaired) electrons. The van der Waals surface area contributed by atoms with Gasteiger partial charge in [-0.3, -0.25) is 0 Å². The minimum atomic E-state index is -0.209. The van der Waals surface area contributed by atoms with Crippen molar-refractivity contribution in [2.45, 2.75) is 45.2 Å². The molecule has 0 aliphatic heterocycles. The summed E-state index contributed by atoms with van der Waals surface area (Å²) in [7, 11) is 0. The molecule has 1 aliphatic carbocycles. The number of nitrogens with zero attached hydrogens (tertiary/aromatic N) is 3. The Kier molecular flexibility index (Phi) is 2.30. The van der Waals surface area contributed by atoms with Gasteiger partial charge in [0, 0.05) is 6.04 Å². The average Bonchev–Trinajstić information content (AvgIpc) is 2.90. The fraction of sp³-hybridized carbons (Fsp3) is 0.636. The van der Waals surface area contributed by atoms with Crippen LogP contribution in [0.1, 0.15) is 39.2 Å². The highest BCUT2D eigenvalue weighted by Gasteiger charge is 2.27. The van der Waals surface area contributed by atoms with Gasteiger partial charge in [0.15, 0.2) is 5.82 Å². The fourth-order valence-electron chi connectivity index (χ4n) is 1.57. The van der Waals surface area contributed by atoms with Crippen molar-refractivity contribution in [2.75, 3.05) is 11.1 Å². The van der Waals surface area contributed by atoms with E-state index in [1.807, 2.05) is 20.8 Å². The molecule has 5 nitrogen and oxygen atoms in total. The first kappa shape index (κ1) is 10.8. The normalized spacial score (nSPS) is 15.9. The molecule has 0 atom stereocenters. The van der Waals surface area contributed by atoms with Gasteiger partial charge in [-0.1, -0.05) is 0 Å². The SMILES string of the molecule is CC(C)(C)n1nc(NC2CC2)c(C#N)c1N. The van der Waals surface area contributed by atoms with Crippen LogP contribution in [0.4, 0.5) is 11.6 Å². The number of anilines is 2. The summed E-state index contributed by atoms with van der Waals surface area (Å²) in [6.07, 6.45) is 2.29. The van der Waals surface area contributed by atoms with Crippen LogP contribution in [0.3, 0.4) is 0 Å². The first-order valence-corrected chi connectivity index (χ1v) is 5.49. The number of hydrogen-bond acceptors (Lipinski definition) is 4. The van der Waals surface area contributed by atoms with Crippen molar-refractivity contribution < 1.29 is 0 Å². The van der Waals surface area contributed by atoms with E-state index in [-0.39, 0.29) is 5.54 Å². The molecule has 0 bridgehead atoms. The molecule has 0 aromatic carbocycles. The summed E-state index contributed by atoms with van der Waals surface area (Å²) >= 11 is 0. The Labute approximate surface area is 95.2 Å². The molecule has 0 amide bonds. The summed E-state index contributed by atoms with van der Waals surface area (Å²) in [5, 5.41) is 16.7. The number of aromatic nitrogens is 2. The molecular weight excluding hydrogens is 202 g/mol. The second-order valence-electron chi connectivity index (χ2n) is 5.22. The van der Waals surface area contributed by atoms with Crippen LogP contribution in [0.15, 0.2) is 0 Å². The minimum Gasteiger partial charge on any atom is -0.383 e. The molecule has 1 saturated carbocycles. The van der Waals surface area contributed by atoms with E-state index in [4.69, 9.17) is 11.0 Å². The smallest absolute Gasteiger partial charge is 0.168 e. The Morgan fingerprint density at radius 3 is 2.56 bits per heavy atom. The highest BCUT2D eigenvalue weighted by Crippen LogP contribution is 2.30. The molecule has 0 unspecified atom stereocenters. The molecule has 16 heavy (non-hydrogen) atoms. The summed E-state index contributed by atoms with van der Waals surface area (Å²) in [5.41, 5.74) is 6.19. The number of hydrogen-bond donors (Lipinski definition) is 2. The summed E-state index contributed by atoms with van der Waals surface area (Å²) < 4.78 is 1.70. The van der Waals surface area contributed by atoms with E-state index in [9.17, 15) is 0 Å². The predicted octanol–water partition coefficient (Wildman–Crippen LogP) is 1.67. The van der Waals surface area contributed by atoms with E-state index >= 15 is 0 Å². The van der Waals surface area contributed by atoms with Crippen molar-refractivity contribution in [3.8, 4) is 6.07 Å². The van der Waals surface area contributed by atoms with Crippen LogP contribution in [0.2, 0.25) is 0 Å². The third kappa shape index (κ3) is 1.83. The van der Waals surface area contributed by atoms with Crippen molar-refractivity contribution in [2.24, 2.45) is 0 Å². The molecule has 1 heterocycles. The van der Waals surface area contributed by atoms with E-state index in [0.717, 1.165) is 12.8 Å². The van der Waals surface area contributed by atoms with Crippen molar-refractivity contribution in [3.05, 3.63) is 5.56 Å². The Morgan fingerprint density at radius 1 is 1.50 bits per heavy atom. The number of nitrogen functional groups attached to an aromatic ring is 1. The topological polar surface area (TPSA) is 79.7 Å². The summed E-state index contributed by atoms with van der Waals surface area (Å²) in [6.45, 7) is 6.04. The van der Waals surface area contributed by atoms with Crippen LogP contribution >= 0.6 is 0 Å². The largest absolute Gasteiger partial charge is 0.383 e. The van der Waals surface area contributed by atoms with Gasteiger partial charge in [0.05, 0.1) is 5.54 Å². The van der Waals surface area contributed by atoms with Gasteiger partial charge in [0.1, 0.15) is 17.5 Å². The number of rotatable bonds is 2. The van der Waals surface area contributed by atoms with E-state index in [1.165, 1.54) is 0 Å².